The van der Waals surface area contributed by atoms with Crippen LogP contribution in [0.25, 0.3) is 0 Å². The van der Waals surface area contributed by atoms with Gasteiger partial charge in [-0.15, -0.1) is 0 Å². The zero-order valence-electron chi connectivity index (χ0n) is 10.8. The highest BCUT2D eigenvalue weighted by molar-refractivity contribution is 6.02. The Morgan fingerprint density at radius 1 is 1.63 bits per heavy atom. The van der Waals surface area contributed by atoms with Gasteiger partial charge in [-0.2, -0.15) is 5.26 Å². The molecule has 3 aliphatic rings. The van der Waals surface area contributed by atoms with Crippen molar-refractivity contribution in [2.75, 3.05) is 0 Å². The number of rotatable bonds is 2. The van der Waals surface area contributed by atoms with Gasteiger partial charge in [0.2, 0.25) is 0 Å². The van der Waals surface area contributed by atoms with E-state index >= 15 is 0 Å². The first-order chi connectivity index (χ1) is 9.14. The predicted molar refractivity (Wildman–Crippen MR) is 71.9 cm³/mol. The number of nitriles is 1. The molecule has 0 saturated heterocycles. The van der Waals surface area contributed by atoms with Crippen LogP contribution in [-0.4, -0.2) is 18.3 Å². The average molecular weight is 253 g/mol. The molecule has 0 aromatic rings. The molecule has 0 aliphatic heterocycles. The smallest absolute Gasteiger partial charge is 0.176 e. The highest BCUT2D eigenvalue weighted by Gasteiger charge is 2.60. The predicted octanol–water partition coefficient (Wildman–Crippen LogP) is 2.43. The molecule has 0 radical (unpaired) electrons. The van der Waals surface area contributed by atoms with E-state index < -0.39 is 0 Å². The molecule has 3 rings (SSSR count). The highest BCUT2D eigenvalue weighted by Crippen LogP contribution is 2.67. The minimum absolute atomic E-state index is 0.000911. The van der Waals surface area contributed by atoms with Gasteiger partial charge in [0, 0.05) is 17.5 Å². The van der Waals surface area contributed by atoms with Gasteiger partial charge in [0.25, 0.3) is 0 Å². The lowest BCUT2D eigenvalue weighted by molar-refractivity contribution is -0.121. The number of allylic oxidation sites excluding steroid dienone is 4. The molecular formula is C15H15N3O. The number of ketones is 1. The highest BCUT2D eigenvalue weighted by atomic mass is 16.1. The molecule has 0 amide bonds. The Kier molecular flexibility index (Phi) is 2.53. The van der Waals surface area contributed by atoms with Crippen LogP contribution in [0.1, 0.15) is 26.2 Å². The summed E-state index contributed by atoms with van der Waals surface area (Å²) in [5.41, 5.74) is 2.78. The van der Waals surface area contributed by atoms with Gasteiger partial charge in [-0.3, -0.25) is 10.2 Å². The Labute approximate surface area is 112 Å². The topological polar surface area (TPSA) is 77.1 Å². The number of Topliss-reactive ketones (excluding diaryl/α,β-unsaturated/α-hetero) is 1. The van der Waals surface area contributed by atoms with Crippen LogP contribution < -0.4 is 0 Å². The Morgan fingerprint density at radius 2 is 2.42 bits per heavy atom. The van der Waals surface area contributed by atoms with Crippen molar-refractivity contribution in [2.45, 2.75) is 26.2 Å². The van der Waals surface area contributed by atoms with Crippen LogP contribution in [0.4, 0.5) is 0 Å². The first-order valence-electron chi connectivity index (χ1n) is 6.56. The van der Waals surface area contributed by atoms with E-state index in [2.05, 4.69) is 4.99 Å². The van der Waals surface area contributed by atoms with E-state index in [0.29, 0.717) is 11.5 Å². The van der Waals surface area contributed by atoms with Gasteiger partial charge in [-0.05, 0) is 30.8 Å². The average Bonchev–Trinajstić information content (AvgIpc) is 3.15. The fourth-order valence-corrected chi connectivity index (χ4v) is 3.79. The third-order valence-corrected chi connectivity index (χ3v) is 4.79. The molecule has 1 N–H and O–H groups in total. The minimum Gasteiger partial charge on any atom is -0.293 e. The van der Waals surface area contributed by atoms with E-state index in [1.807, 2.05) is 19.1 Å². The summed E-state index contributed by atoms with van der Waals surface area (Å²) in [5, 5.41) is 16.1. The van der Waals surface area contributed by atoms with Crippen molar-refractivity contribution in [3.8, 4) is 6.07 Å². The van der Waals surface area contributed by atoms with Crippen LogP contribution in [-0.2, 0) is 4.79 Å². The molecule has 0 unspecified atom stereocenters. The van der Waals surface area contributed by atoms with E-state index in [9.17, 15) is 4.79 Å². The molecule has 1 saturated carbocycles. The van der Waals surface area contributed by atoms with Crippen molar-refractivity contribution >= 4 is 18.3 Å². The van der Waals surface area contributed by atoms with E-state index in [1.54, 1.807) is 6.21 Å². The molecule has 3 atom stereocenters. The third kappa shape index (κ3) is 1.54. The fourth-order valence-electron chi connectivity index (χ4n) is 3.79. The van der Waals surface area contributed by atoms with Gasteiger partial charge in [0.1, 0.15) is 12.4 Å². The molecule has 0 heterocycles. The summed E-state index contributed by atoms with van der Waals surface area (Å²) in [6.07, 6.45) is 7.52. The van der Waals surface area contributed by atoms with Crippen LogP contribution in [0.5, 0.6) is 0 Å². The standard InChI is InChI=1S/C15H15N3O/c1-9-12-3-2-10(7-18-8-17)13-5-15(12,13)4-11(6-16)14(9)19/h4,7-9,12,17H,2-3,5H2,1H3/t9-,12-,15+/m1/s1. The van der Waals surface area contributed by atoms with E-state index in [1.165, 1.54) is 11.1 Å². The summed E-state index contributed by atoms with van der Waals surface area (Å²) >= 11 is 0. The van der Waals surface area contributed by atoms with Crippen molar-refractivity contribution in [1.82, 2.24) is 0 Å². The number of nitrogens with one attached hydrogen (secondary N) is 1. The molecule has 4 nitrogen and oxygen atoms in total. The summed E-state index contributed by atoms with van der Waals surface area (Å²) in [6.45, 7) is 1.95. The van der Waals surface area contributed by atoms with Crippen molar-refractivity contribution in [2.24, 2.45) is 22.2 Å². The van der Waals surface area contributed by atoms with Crippen molar-refractivity contribution in [3.05, 3.63) is 22.8 Å². The quantitative estimate of drug-likeness (QED) is 0.606. The van der Waals surface area contributed by atoms with E-state index in [-0.39, 0.29) is 17.1 Å². The van der Waals surface area contributed by atoms with Gasteiger partial charge in [0.05, 0.1) is 5.57 Å². The summed E-state index contributed by atoms with van der Waals surface area (Å²) in [4.78, 5) is 15.9. The first-order valence-corrected chi connectivity index (χ1v) is 6.56. The van der Waals surface area contributed by atoms with E-state index in [4.69, 9.17) is 10.7 Å². The lowest BCUT2D eigenvalue weighted by Gasteiger charge is -2.35. The number of hydrogen-bond acceptors (Lipinski definition) is 3. The monoisotopic (exact) mass is 253 g/mol. The van der Waals surface area contributed by atoms with Crippen LogP contribution in [0, 0.1) is 34.0 Å². The van der Waals surface area contributed by atoms with Gasteiger partial charge < -0.3 is 0 Å². The molecule has 19 heavy (non-hydrogen) atoms. The van der Waals surface area contributed by atoms with E-state index in [0.717, 1.165) is 25.6 Å². The van der Waals surface area contributed by atoms with Gasteiger partial charge in [-0.25, -0.2) is 4.99 Å². The maximum Gasteiger partial charge on any atom is 0.176 e. The van der Waals surface area contributed by atoms with Crippen LogP contribution in [0.3, 0.4) is 0 Å². The number of carbonyl (C=O) groups is 1. The lowest BCUT2D eigenvalue weighted by Crippen LogP contribution is -2.35. The molecule has 3 aliphatic carbocycles. The second kappa shape index (κ2) is 3.99. The molecule has 1 fully saturated rings. The van der Waals surface area contributed by atoms with Gasteiger partial charge in [0.15, 0.2) is 5.78 Å². The molecule has 1 spiro atoms. The summed E-state index contributed by atoms with van der Waals surface area (Å²) in [7, 11) is 0. The van der Waals surface area contributed by atoms with Crippen LogP contribution >= 0.6 is 0 Å². The Morgan fingerprint density at radius 3 is 3.11 bits per heavy atom. The molecule has 0 aromatic carbocycles. The number of aliphatic imine (C=N–C) groups is 1. The van der Waals surface area contributed by atoms with Crippen molar-refractivity contribution in [1.29, 1.82) is 10.7 Å². The lowest BCUT2D eigenvalue weighted by atomic mass is 9.66. The Bertz CT molecular complexity index is 605. The number of carbonyl (C=O) groups excluding carboxylic acids is 1. The molecule has 96 valence electrons. The third-order valence-electron chi connectivity index (χ3n) is 4.79. The van der Waals surface area contributed by atoms with Crippen molar-refractivity contribution < 1.29 is 4.79 Å². The maximum absolute atomic E-state index is 12.1. The maximum atomic E-state index is 12.1. The second-order valence-corrected chi connectivity index (χ2v) is 5.60. The fraction of sp³-hybridized carbons (Fsp3) is 0.467. The second-order valence-electron chi connectivity index (χ2n) is 5.60. The number of hydrogen-bond donors (Lipinski definition) is 1. The van der Waals surface area contributed by atoms with Crippen molar-refractivity contribution in [3.63, 3.8) is 0 Å². The zero-order valence-corrected chi connectivity index (χ0v) is 10.8. The minimum atomic E-state index is -0.0571. The zero-order chi connectivity index (χ0) is 13.6. The van der Waals surface area contributed by atoms with Gasteiger partial charge in [-0.1, -0.05) is 18.6 Å². The summed E-state index contributed by atoms with van der Waals surface area (Å²) < 4.78 is 0. The summed E-state index contributed by atoms with van der Waals surface area (Å²) in [5.74, 6) is 0.281. The normalized spacial score (nSPS) is 36.4. The Hall–Kier alpha value is -2.02. The molecule has 0 bridgehead atoms. The molecular weight excluding hydrogens is 238 g/mol. The SMILES string of the molecule is C[C@H]1C(=O)C(C#N)=C[C@@]23CC2=C(C=NC=N)CC[C@H]13. The van der Waals surface area contributed by atoms with Gasteiger partial charge >= 0.3 is 0 Å². The van der Waals surface area contributed by atoms with Crippen LogP contribution in [0.2, 0.25) is 0 Å². The first kappa shape index (κ1) is 12.0. The Balaban J connectivity index is 2.06. The largest absolute Gasteiger partial charge is 0.293 e. The van der Waals surface area contributed by atoms with Crippen LogP contribution in [0.15, 0.2) is 27.8 Å². The summed E-state index contributed by atoms with van der Waals surface area (Å²) in [6, 6.07) is 2.05. The number of nitrogens with zero attached hydrogens (tertiary/aromatic N) is 2. The molecule has 0 aromatic heterocycles. The molecule has 4 heteroatoms.